The molecule has 0 atom stereocenters. The van der Waals surface area contributed by atoms with Crippen molar-refractivity contribution in [2.75, 3.05) is 6.54 Å². The number of nitrogens with two attached hydrogens (primary N) is 1. The monoisotopic (exact) mass is 127 g/mol. The number of rotatable bonds is 3. The van der Waals surface area contributed by atoms with Crippen molar-refractivity contribution in [1.29, 1.82) is 0 Å². The van der Waals surface area contributed by atoms with E-state index in [4.69, 9.17) is 5.73 Å². The van der Waals surface area contributed by atoms with Gasteiger partial charge in [0.2, 0.25) is 0 Å². The van der Waals surface area contributed by atoms with Crippen molar-refractivity contribution in [2.24, 2.45) is 5.73 Å². The van der Waals surface area contributed by atoms with E-state index in [2.05, 4.69) is 10.6 Å². The lowest BCUT2D eigenvalue weighted by Gasteiger charge is -2.09. The highest BCUT2D eigenvalue weighted by Gasteiger charge is 2.04. The molecule has 0 fully saturated rings. The number of hydrogen-bond acceptors (Lipinski definition) is 3. The van der Waals surface area contributed by atoms with Crippen LogP contribution in [0.5, 0.6) is 0 Å². The van der Waals surface area contributed by atoms with Gasteiger partial charge in [-0.15, -0.1) is 0 Å². The fourth-order valence-corrected chi connectivity index (χ4v) is 0.865. The predicted molar refractivity (Wildman–Crippen MR) is 37.5 cm³/mol. The standard InChI is InChI=1S/C6H13N3/c7-3-1-2-6-8-4-5-9-6/h4-6,8-9H,1-3,7H2. The molecule has 4 N–H and O–H groups in total. The molecule has 0 amide bonds. The van der Waals surface area contributed by atoms with Crippen LogP contribution in [0.3, 0.4) is 0 Å². The van der Waals surface area contributed by atoms with Gasteiger partial charge in [-0.1, -0.05) is 0 Å². The zero-order valence-corrected chi connectivity index (χ0v) is 5.43. The first kappa shape index (κ1) is 6.42. The minimum Gasteiger partial charge on any atom is -0.370 e. The average molecular weight is 127 g/mol. The van der Waals surface area contributed by atoms with Gasteiger partial charge in [-0.3, -0.25) is 0 Å². The van der Waals surface area contributed by atoms with Gasteiger partial charge in [0.15, 0.2) is 0 Å². The number of nitrogens with one attached hydrogen (secondary N) is 2. The van der Waals surface area contributed by atoms with Crippen LogP contribution in [0.2, 0.25) is 0 Å². The minimum atomic E-state index is 0.425. The first-order valence-corrected chi connectivity index (χ1v) is 3.30. The summed E-state index contributed by atoms with van der Waals surface area (Å²) in [5.74, 6) is 0. The lowest BCUT2D eigenvalue weighted by Crippen LogP contribution is -2.30. The molecule has 0 bridgehead atoms. The van der Waals surface area contributed by atoms with Crippen molar-refractivity contribution in [3.8, 4) is 0 Å². The maximum absolute atomic E-state index is 5.33. The third-order valence-electron chi connectivity index (χ3n) is 1.38. The van der Waals surface area contributed by atoms with Crippen molar-refractivity contribution in [3.05, 3.63) is 12.4 Å². The molecule has 1 aliphatic rings. The summed E-state index contributed by atoms with van der Waals surface area (Å²) in [6.45, 7) is 0.778. The van der Waals surface area contributed by atoms with E-state index in [-0.39, 0.29) is 0 Å². The molecule has 0 radical (unpaired) electrons. The Morgan fingerprint density at radius 1 is 1.33 bits per heavy atom. The van der Waals surface area contributed by atoms with Gasteiger partial charge < -0.3 is 16.4 Å². The van der Waals surface area contributed by atoms with E-state index in [0.717, 1.165) is 19.4 Å². The van der Waals surface area contributed by atoms with Crippen molar-refractivity contribution in [3.63, 3.8) is 0 Å². The van der Waals surface area contributed by atoms with Crippen LogP contribution in [0.4, 0.5) is 0 Å². The molecule has 0 aromatic heterocycles. The van der Waals surface area contributed by atoms with E-state index >= 15 is 0 Å². The van der Waals surface area contributed by atoms with E-state index in [0.29, 0.717) is 6.17 Å². The lowest BCUT2D eigenvalue weighted by atomic mass is 10.2. The van der Waals surface area contributed by atoms with E-state index in [1.807, 2.05) is 12.4 Å². The molecule has 52 valence electrons. The fraction of sp³-hybridized carbons (Fsp3) is 0.667. The topological polar surface area (TPSA) is 50.1 Å². The molecule has 3 nitrogen and oxygen atoms in total. The second kappa shape index (κ2) is 3.35. The van der Waals surface area contributed by atoms with Crippen LogP contribution in [-0.4, -0.2) is 12.7 Å². The Morgan fingerprint density at radius 2 is 2.00 bits per heavy atom. The van der Waals surface area contributed by atoms with E-state index in [9.17, 15) is 0 Å². The van der Waals surface area contributed by atoms with Gasteiger partial charge in [0.1, 0.15) is 0 Å². The van der Waals surface area contributed by atoms with Crippen molar-refractivity contribution >= 4 is 0 Å². The first-order valence-electron chi connectivity index (χ1n) is 3.30. The van der Waals surface area contributed by atoms with Crippen molar-refractivity contribution in [2.45, 2.75) is 19.0 Å². The van der Waals surface area contributed by atoms with E-state index in [1.54, 1.807) is 0 Å². The van der Waals surface area contributed by atoms with Gasteiger partial charge in [0.25, 0.3) is 0 Å². The Morgan fingerprint density at radius 3 is 2.56 bits per heavy atom. The molecule has 0 saturated heterocycles. The van der Waals surface area contributed by atoms with Crippen LogP contribution in [0.15, 0.2) is 12.4 Å². The van der Waals surface area contributed by atoms with Crippen LogP contribution in [0.25, 0.3) is 0 Å². The van der Waals surface area contributed by atoms with Gasteiger partial charge in [-0.25, -0.2) is 0 Å². The second-order valence-corrected chi connectivity index (χ2v) is 2.15. The zero-order valence-electron chi connectivity index (χ0n) is 5.43. The molecule has 3 heteroatoms. The highest BCUT2D eigenvalue weighted by molar-refractivity contribution is 4.90. The summed E-state index contributed by atoms with van der Waals surface area (Å²) in [5.41, 5.74) is 5.33. The van der Waals surface area contributed by atoms with Gasteiger partial charge in [-0.05, 0) is 19.4 Å². The normalized spacial score (nSPS) is 17.4. The molecule has 0 spiro atoms. The molecule has 0 aromatic carbocycles. The smallest absolute Gasteiger partial charge is 0.0956 e. The summed E-state index contributed by atoms with van der Waals surface area (Å²) < 4.78 is 0. The van der Waals surface area contributed by atoms with Crippen LogP contribution >= 0.6 is 0 Å². The molecule has 0 aliphatic carbocycles. The Balaban J connectivity index is 2.01. The summed E-state index contributed by atoms with van der Waals surface area (Å²) in [4.78, 5) is 0. The van der Waals surface area contributed by atoms with Crippen molar-refractivity contribution in [1.82, 2.24) is 10.6 Å². The van der Waals surface area contributed by atoms with Crippen LogP contribution < -0.4 is 16.4 Å². The van der Waals surface area contributed by atoms with Crippen LogP contribution in [0, 0.1) is 0 Å². The summed E-state index contributed by atoms with van der Waals surface area (Å²) >= 11 is 0. The second-order valence-electron chi connectivity index (χ2n) is 2.15. The fourth-order valence-electron chi connectivity index (χ4n) is 0.865. The third kappa shape index (κ3) is 1.93. The van der Waals surface area contributed by atoms with Gasteiger partial charge in [0, 0.05) is 12.4 Å². The molecule has 1 heterocycles. The summed E-state index contributed by atoms with van der Waals surface area (Å²) in [7, 11) is 0. The lowest BCUT2D eigenvalue weighted by molar-refractivity contribution is 0.512. The molecule has 9 heavy (non-hydrogen) atoms. The molecule has 1 aliphatic heterocycles. The molecule has 0 aromatic rings. The van der Waals surface area contributed by atoms with Crippen molar-refractivity contribution < 1.29 is 0 Å². The van der Waals surface area contributed by atoms with Crippen LogP contribution in [0.1, 0.15) is 12.8 Å². The van der Waals surface area contributed by atoms with Gasteiger partial charge >= 0.3 is 0 Å². The molecular formula is C6H13N3. The molecule has 1 rings (SSSR count). The Labute approximate surface area is 55.3 Å². The Kier molecular flexibility index (Phi) is 2.39. The molecule has 0 saturated carbocycles. The zero-order chi connectivity index (χ0) is 6.53. The maximum Gasteiger partial charge on any atom is 0.0956 e. The summed E-state index contributed by atoms with van der Waals surface area (Å²) in [6, 6.07) is 0. The van der Waals surface area contributed by atoms with Crippen LogP contribution in [-0.2, 0) is 0 Å². The SMILES string of the molecule is NCCCC1NC=CN1. The summed E-state index contributed by atoms with van der Waals surface area (Å²) in [5, 5.41) is 6.29. The largest absolute Gasteiger partial charge is 0.370 e. The van der Waals surface area contributed by atoms with Gasteiger partial charge in [0.05, 0.1) is 6.17 Å². The maximum atomic E-state index is 5.33. The summed E-state index contributed by atoms with van der Waals surface area (Å²) in [6.07, 6.45) is 6.44. The number of hydrogen-bond donors (Lipinski definition) is 3. The van der Waals surface area contributed by atoms with E-state index in [1.165, 1.54) is 0 Å². The Hall–Kier alpha value is -0.700. The third-order valence-corrected chi connectivity index (χ3v) is 1.38. The minimum absolute atomic E-state index is 0.425. The predicted octanol–water partition coefficient (Wildman–Crippen LogP) is -0.285. The van der Waals surface area contributed by atoms with E-state index < -0.39 is 0 Å². The van der Waals surface area contributed by atoms with Gasteiger partial charge in [-0.2, -0.15) is 0 Å². The quantitative estimate of drug-likeness (QED) is 0.488. The molecular weight excluding hydrogens is 114 g/mol. The Bertz CT molecular complexity index is 92.5. The highest BCUT2D eigenvalue weighted by Crippen LogP contribution is 1.95. The first-order chi connectivity index (χ1) is 4.43. The molecule has 0 unspecified atom stereocenters. The average Bonchev–Trinajstić information content (AvgIpc) is 2.34. The highest BCUT2D eigenvalue weighted by atomic mass is 15.1.